The van der Waals surface area contributed by atoms with Crippen LogP contribution >= 0.6 is 0 Å². The van der Waals surface area contributed by atoms with Crippen molar-refractivity contribution >= 4 is 28.4 Å². The summed E-state index contributed by atoms with van der Waals surface area (Å²) in [7, 11) is 2.02. The predicted molar refractivity (Wildman–Crippen MR) is 115 cm³/mol. The van der Waals surface area contributed by atoms with Gasteiger partial charge in [0.25, 0.3) is 0 Å². The number of hydrogen-bond donors (Lipinski definition) is 2. The Labute approximate surface area is 168 Å². The molecule has 0 saturated heterocycles. The lowest BCUT2D eigenvalue weighted by Gasteiger charge is -2.11. The maximum atomic E-state index is 11.7. The Kier molecular flexibility index (Phi) is 4.09. The molecule has 144 valence electrons. The zero-order valence-electron chi connectivity index (χ0n) is 16.1. The van der Waals surface area contributed by atoms with Gasteiger partial charge in [0.1, 0.15) is 11.4 Å². The molecule has 5 rings (SSSR count). The van der Waals surface area contributed by atoms with Gasteiger partial charge < -0.3 is 15.0 Å². The SMILES string of the molecule is Cn1cc(-c2ccccc2)c2ccc(Nc3ncc(C4CC4)cc3C(=O)O)cc21. The van der Waals surface area contributed by atoms with Crippen molar-refractivity contribution in [3.8, 4) is 11.1 Å². The van der Waals surface area contributed by atoms with Crippen LogP contribution in [0.25, 0.3) is 22.0 Å². The molecule has 1 aliphatic rings. The van der Waals surface area contributed by atoms with Gasteiger partial charge in [0.15, 0.2) is 0 Å². The lowest BCUT2D eigenvalue weighted by atomic mass is 10.0. The summed E-state index contributed by atoms with van der Waals surface area (Å²) in [4.78, 5) is 16.2. The molecule has 2 aromatic carbocycles. The van der Waals surface area contributed by atoms with Gasteiger partial charge in [-0.3, -0.25) is 0 Å². The van der Waals surface area contributed by atoms with Crippen LogP contribution < -0.4 is 5.32 Å². The highest BCUT2D eigenvalue weighted by atomic mass is 16.4. The van der Waals surface area contributed by atoms with Crippen LogP contribution in [0.15, 0.2) is 67.0 Å². The molecule has 0 unspecified atom stereocenters. The van der Waals surface area contributed by atoms with Crippen molar-refractivity contribution in [1.82, 2.24) is 9.55 Å². The van der Waals surface area contributed by atoms with Crippen LogP contribution in [0.3, 0.4) is 0 Å². The fraction of sp³-hybridized carbons (Fsp3) is 0.167. The molecule has 0 aliphatic heterocycles. The standard InChI is InChI=1S/C24H21N3O2/c1-27-14-21(16-5-3-2-4-6-16)19-10-9-18(12-22(19)27)26-23-20(24(28)29)11-17(13-25-23)15-7-8-15/h2-6,9-15H,7-8H2,1H3,(H,25,26)(H,28,29). The highest BCUT2D eigenvalue weighted by Gasteiger charge is 2.26. The summed E-state index contributed by atoms with van der Waals surface area (Å²) < 4.78 is 2.09. The zero-order chi connectivity index (χ0) is 20.0. The molecule has 5 nitrogen and oxygen atoms in total. The minimum absolute atomic E-state index is 0.214. The lowest BCUT2D eigenvalue weighted by Crippen LogP contribution is -2.06. The quantitative estimate of drug-likeness (QED) is 0.473. The number of anilines is 2. The van der Waals surface area contributed by atoms with Crippen LogP contribution in [0.5, 0.6) is 0 Å². The predicted octanol–water partition coefficient (Wildman–Crippen LogP) is 5.56. The molecule has 0 amide bonds. The molecular weight excluding hydrogens is 362 g/mol. The van der Waals surface area contributed by atoms with Crippen LogP contribution in [0.4, 0.5) is 11.5 Å². The molecule has 1 aliphatic carbocycles. The van der Waals surface area contributed by atoms with Gasteiger partial charge in [-0.05, 0) is 48.1 Å². The van der Waals surface area contributed by atoms with Gasteiger partial charge in [0, 0.05) is 36.1 Å². The smallest absolute Gasteiger partial charge is 0.339 e. The summed E-state index contributed by atoms with van der Waals surface area (Å²) in [5.41, 5.74) is 5.45. The molecule has 2 aromatic heterocycles. The Morgan fingerprint density at radius 1 is 1.14 bits per heavy atom. The highest BCUT2D eigenvalue weighted by Crippen LogP contribution is 2.40. The number of aromatic carboxylic acids is 1. The maximum Gasteiger partial charge on any atom is 0.339 e. The van der Waals surface area contributed by atoms with Crippen molar-refractivity contribution in [2.45, 2.75) is 18.8 Å². The molecule has 0 radical (unpaired) electrons. The number of nitrogens with zero attached hydrogens (tertiary/aromatic N) is 2. The number of carbonyl (C=O) groups is 1. The summed E-state index contributed by atoms with van der Waals surface area (Å²) in [5, 5.41) is 14.0. The number of aromatic nitrogens is 2. The number of aryl methyl sites for hydroxylation is 1. The van der Waals surface area contributed by atoms with Crippen molar-refractivity contribution in [1.29, 1.82) is 0 Å². The molecule has 2 N–H and O–H groups in total. The minimum Gasteiger partial charge on any atom is -0.478 e. The van der Waals surface area contributed by atoms with E-state index in [1.165, 1.54) is 11.1 Å². The van der Waals surface area contributed by atoms with Crippen molar-refractivity contribution in [2.24, 2.45) is 7.05 Å². The fourth-order valence-corrected chi connectivity index (χ4v) is 3.83. The summed E-state index contributed by atoms with van der Waals surface area (Å²) in [5.74, 6) is -0.127. The third-order valence-corrected chi connectivity index (χ3v) is 5.53. The number of nitrogens with one attached hydrogen (secondary N) is 1. The second-order valence-corrected chi connectivity index (χ2v) is 7.62. The van der Waals surface area contributed by atoms with Crippen LogP contribution in [0, 0.1) is 0 Å². The Morgan fingerprint density at radius 3 is 2.66 bits per heavy atom. The molecule has 2 heterocycles. The van der Waals surface area contributed by atoms with Gasteiger partial charge in [-0.25, -0.2) is 9.78 Å². The molecule has 1 fully saturated rings. The van der Waals surface area contributed by atoms with Gasteiger partial charge in [0.05, 0.1) is 5.52 Å². The van der Waals surface area contributed by atoms with E-state index < -0.39 is 5.97 Å². The Hall–Kier alpha value is -3.60. The topological polar surface area (TPSA) is 67.2 Å². The van der Waals surface area contributed by atoms with Gasteiger partial charge in [-0.15, -0.1) is 0 Å². The molecule has 29 heavy (non-hydrogen) atoms. The normalized spacial score (nSPS) is 13.6. The Balaban J connectivity index is 1.52. The fourth-order valence-electron chi connectivity index (χ4n) is 3.83. The molecule has 0 spiro atoms. The number of pyridine rings is 1. The average Bonchev–Trinajstić information content (AvgIpc) is 3.53. The van der Waals surface area contributed by atoms with Crippen LogP contribution in [-0.4, -0.2) is 20.6 Å². The van der Waals surface area contributed by atoms with Gasteiger partial charge in [-0.1, -0.05) is 36.4 Å². The molecule has 0 bridgehead atoms. The van der Waals surface area contributed by atoms with Crippen LogP contribution in [0.2, 0.25) is 0 Å². The van der Waals surface area contributed by atoms with E-state index in [0.29, 0.717) is 11.7 Å². The van der Waals surface area contributed by atoms with E-state index in [2.05, 4.69) is 39.3 Å². The third kappa shape index (κ3) is 3.25. The van der Waals surface area contributed by atoms with Gasteiger partial charge in [0.2, 0.25) is 0 Å². The molecular formula is C24H21N3O2. The number of rotatable bonds is 5. The number of hydrogen-bond acceptors (Lipinski definition) is 3. The first-order valence-corrected chi connectivity index (χ1v) is 9.75. The largest absolute Gasteiger partial charge is 0.478 e. The summed E-state index contributed by atoms with van der Waals surface area (Å²) >= 11 is 0. The first-order valence-electron chi connectivity index (χ1n) is 9.75. The second kappa shape index (κ2) is 6.78. The first-order chi connectivity index (χ1) is 14.1. The summed E-state index contributed by atoms with van der Waals surface area (Å²) in [6.45, 7) is 0. The Morgan fingerprint density at radius 2 is 1.93 bits per heavy atom. The van der Waals surface area contributed by atoms with E-state index in [9.17, 15) is 9.90 Å². The molecule has 4 aromatic rings. The first kappa shape index (κ1) is 17.5. The molecule has 0 atom stereocenters. The van der Waals surface area contributed by atoms with Gasteiger partial charge in [-0.2, -0.15) is 0 Å². The van der Waals surface area contributed by atoms with E-state index in [1.807, 2.05) is 37.4 Å². The van der Waals surface area contributed by atoms with Crippen molar-refractivity contribution in [3.05, 3.63) is 78.1 Å². The van der Waals surface area contributed by atoms with E-state index in [-0.39, 0.29) is 5.56 Å². The van der Waals surface area contributed by atoms with Crippen LogP contribution in [0.1, 0.15) is 34.7 Å². The van der Waals surface area contributed by atoms with Crippen molar-refractivity contribution in [3.63, 3.8) is 0 Å². The van der Waals surface area contributed by atoms with E-state index in [0.717, 1.165) is 35.0 Å². The van der Waals surface area contributed by atoms with E-state index in [1.54, 1.807) is 12.3 Å². The minimum atomic E-state index is -0.964. The number of benzene rings is 2. The number of carboxylic acids is 1. The number of fused-ring (bicyclic) bond motifs is 1. The average molecular weight is 383 g/mol. The second-order valence-electron chi connectivity index (χ2n) is 7.62. The molecule has 1 saturated carbocycles. The highest BCUT2D eigenvalue weighted by molar-refractivity contribution is 5.98. The summed E-state index contributed by atoms with van der Waals surface area (Å²) in [6.07, 6.45) is 6.14. The lowest BCUT2D eigenvalue weighted by molar-refractivity contribution is 0.0697. The number of carboxylic acid groups (broad SMARTS) is 1. The van der Waals surface area contributed by atoms with E-state index in [4.69, 9.17) is 0 Å². The third-order valence-electron chi connectivity index (χ3n) is 5.53. The van der Waals surface area contributed by atoms with E-state index >= 15 is 0 Å². The maximum absolute atomic E-state index is 11.7. The van der Waals surface area contributed by atoms with Crippen molar-refractivity contribution < 1.29 is 9.90 Å². The zero-order valence-corrected chi connectivity index (χ0v) is 16.1. The Bertz CT molecular complexity index is 1220. The summed E-state index contributed by atoms with van der Waals surface area (Å²) in [6, 6.07) is 18.1. The van der Waals surface area contributed by atoms with Gasteiger partial charge >= 0.3 is 5.97 Å². The van der Waals surface area contributed by atoms with Crippen molar-refractivity contribution in [2.75, 3.05) is 5.32 Å². The molecule has 5 heteroatoms. The monoisotopic (exact) mass is 383 g/mol. The van der Waals surface area contributed by atoms with Crippen LogP contribution in [-0.2, 0) is 7.05 Å².